The summed E-state index contributed by atoms with van der Waals surface area (Å²) in [5.41, 5.74) is 0.907. The van der Waals surface area contributed by atoms with Crippen LogP contribution >= 0.6 is 11.3 Å². The van der Waals surface area contributed by atoms with Gasteiger partial charge in [0.1, 0.15) is 5.75 Å². The summed E-state index contributed by atoms with van der Waals surface area (Å²) in [6.45, 7) is 0. The van der Waals surface area contributed by atoms with E-state index >= 15 is 0 Å². The van der Waals surface area contributed by atoms with E-state index in [0.29, 0.717) is 5.39 Å². The van der Waals surface area contributed by atoms with Crippen LogP contribution in [-0.4, -0.2) is 14.8 Å². The normalized spacial score (nSPS) is 11.4. The van der Waals surface area contributed by atoms with Gasteiger partial charge >= 0.3 is 0 Å². The first-order valence-corrected chi connectivity index (χ1v) is 7.11. The zero-order valence-corrected chi connectivity index (χ0v) is 11.3. The number of phenols is 1. The zero-order valence-electron chi connectivity index (χ0n) is 10.4. The molecule has 20 heavy (non-hydrogen) atoms. The molecule has 4 heteroatoms. The zero-order chi connectivity index (χ0) is 13.7. The molecule has 0 aliphatic carbocycles. The fraction of sp³-hybridized carbons (Fsp3) is 0. The number of aromatic nitrogens is 1. The van der Waals surface area contributed by atoms with E-state index in [1.807, 2.05) is 18.3 Å². The minimum Gasteiger partial charge on any atom is -0.508 e. The summed E-state index contributed by atoms with van der Waals surface area (Å²) in [5, 5.41) is 24.6. The molecule has 0 saturated carbocycles. The number of aromatic hydroxyl groups is 2. The first-order chi connectivity index (χ1) is 9.72. The van der Waals surface area contributed by atoms with Gasteiger partial charge < -0.3 is 10.2 Å². The van der Waals surface area contributed by atoms with Crippen molar-refractivity contribution in [3.05, 3.63) is 54.0 Å². The Morgan fingerprint density at radius 2 is 1.80 bits per heavy atom. The molecular weight excluding hydrogens is 270 g/mol. The van der Waals surface area contributed by atoms with Crippen LogP contribution in [0.5, 0.6) is 11.6 Å². The smallest absolute Gasteiger partial charge is 0.203 e. The van der Waals surface area contributed by atoms with E-state index in [9.17, 15) is 10.2 Å². The molecule has 0 radical (unpaired) electrons. The fourth-order valence-corrected chi connectivity index (χ4v) is 3.25. The van der Waals surface area contributed by atoms with Crippen LogP contribution in [-0.2, 0) is 0 Å². The monoisotopic (exact) mass is 281 g/mol. The third-order valence-electron chi connectivity index (χ3n) is 3.49. The maximum atomic E-state index is 10.3. The molecular formula is C16H11NO2S. The first-order valence-electron chi connectivity index (χ1n) is 6.23. The van der Waals surface area contributed by atoms with Crippen LogP contribution in [0, 0.1) is 0 Å². The number of fused-ring (bicyclic) bond motifs is 2. The first kappa shape index (κ1) is 11.4. The van der Waals surface area contributed by atoms with E-state index in [1.165, 1.54) is 4.70 Å². The molecule has 0 bridgehead atoms. The molecule has 98 valence electrons. The van der Waals surface area contributed by atoms with Crippen molar-refractivity contribution < 1.29 is 10.2 Å². The molecule has 0 amide bonds. The van der Waals surface area contributed by atoms with Crippen LogP contribution in [0.3, 0.4) is 0 Å². The molecule has 2 aromatic carbocycles. The summed E-state index contributed by atoms with van der Waals surface area (Å²) in [4.78, 5) is 0. The summed E-state index contributed by atoms with van der Waals surface area (Å²) in [5.74, 6) is 0.296. The lowest BCUT2D eigenvalue weighted by Gasteiger charge is -2.05. The van der Waals surface area contributed by atoms with Crippen LogP contribution in [0.2, 0.25) is 0 Å². The molecule has 2 N–H and O–H groups in total. The second-order valence-corrected chi connectivity index (χ2v) is 5.68. The topological polar surface area (TPSA) is 45.4 Å². The molecule has 0 aliphatic heterocycles. The summed E-state index contributed by atoms with van der Waals surface area (Å²) >= 11 is 1.70. The van der Waals surface area contributed by atoms with E-state index < -0.39 is 0 Å². The fourth-order valence-electron chi connectivity index (χ4n) is 2.48. The molecule has 2 aromatic heterocycles. The van der Waals surface area contributed by atoms with Crippen LogP contribution in [0.15, 0.2) is 54.0 Å². The molecule has 0 unspecified atom stereocenters. The van der Waals surface area contributed by atoms with Gasteiger partial charge in [-0.25, -0.2) is 0 Å². The van der Waals surface area contributed by atoms with Crippen molar-refractivity contribution in [2.75, 3.05) is 0 Å². The average Bonchev–Trinajstić information content (AvgIpc) is 3.03. The van der Waals surface area contributed by atoms with Crippen LogP contribution in [0.4, 0.5) is 0 Å². The lowest BCUT2D eigenvalue weighted by molar-refractivity contribution is 0.447. The maximum absolute atomic E-state index is 10.3. The Labute approximate surface area is 118 Å². The molecule has 0 saturated heterocycles. The highest BCUT2D eigenvalue weighted by atomic mass is 32.1. The summed E-state index contributed by atoms with van der Waals surface area (Å²) in [6, 6.07) is 13.1. The van der Waals surface area contributed by atoms with Crippen LogP contribution in [0.1, 0.15) is 0 Å². The molecule has 0 aliphatic rings. The molecule has 0 atom stereocenters. The van der Waals surface area contributed by atoms with E-state index in [2.05, 4.69) is 17.5 Å². The average molecular weight is 281 g/mol. The second-order valence-electron chi connectivity index (χ2n) is 4.74. The van der Waals surface area contributed by atoms with Gasteiger partial charge in [0.25, 0.3) is 0 Å². The Balaban J connectivity index is 1.98. The van der Waals surface area contributed by atoms with Gasteiger partial charge in [-0.2, -0.15) is 0 Å². The predicted molar refractivity (Wildman–Crippen MR) is 82.0 cm³/mol. The second kappa shape index (κ2) is 4.02. The third-order valence-corrected chi connectivity index (χ3v) is 4.39. The molecule has 0 spiro atoms. The maximum Gasteiger partial charge on any atom is 0.203 e. The summed E-state index contributed by atoms with van der Waals surface area (Å²) in [6.07, 6.45) is 1.87. The van der Waals surface area contributed by atoms with Gasteiger partial charge in [0.15, 0.2) is 0 Å². The number of thiophene rings is 1. The number of rotatable bonds is 1. The highest BCUT2D eigenvalue weighted by Crippen LogP contribution is 2.33. The Hall–Kier alpha value is -2.46. The van der Waals surface area contributed by atoms with Crippen LogP contribution < -0.4 is 0 Å². The Morgan fingerprint density at radius 3 is 2.70 bits per heavy atom. The highest BCUT2D eigenvalue weighted by Gasteiger charge is 2.10. The third kappa shape index (κ3) is 1.58. The van der Waals surface area contributed by atoms with Gasteiger partial charge in [-0.1, -0.05) is 0 Å². The summed E-state index contributed by atoms with van der Waals surface area (Å²) in [7, 11) is 0. The van der Waals surface area contributed by atoms with Gasteiger partial charge in [0, 0.05) is 27.4 Å². The van der Waals surface area contributed by atoms with Gasteiger partial charge in [0.2, 0.25) is 5.88 Å². The number of hydrogen-bond acceptors (Lipinski definition) is 3. The van der Waals surface area contributed by atoms with Gasteiger partial charge in [-0.3, -0.25) is 4.57 Å². The molecule has 4 aromatic rings. The lowest BCUT2D eigenvalue weighted by atomic mass is 10.2. The van der Waals surface area contributed by atoms with Crippen molar-refractivity contribution in [3.8, 4) is 17.3 Å². The molecule has 0 fully saturated rings. The SMILES string of the molecule is Oc1ccc2cn(-c3ccc4sccc4c3)c(O)c2c1. The summed E-state index contributed by atoms with van der Waals surface area (Å²) < 4.78 is 2.96. The largest absolute Gasteiger partial charge is 0.508 e. The number of phenolic OH excluding ortho intramolecular Hbond substituents is 1. The molecule has 3 nitrogen and oxygen atoms in total. The van der Waals surface area contributed by atoms with Gasteiger partial charge in [-0.05, 0) is 53.2 Å². The number of benzene rings is 2. The van der Waals surface area contributed by atoms with Crippen molar-refractivity contribution in [1.29, 1.82) is 0 Å². The number of nitrogens with zero attached hydrogens (tertiary/aromatic N) is 1. The minimum absolute atomic E-state index is 0.144. The Morgan fingerprint density at radius 1 is 0.900 bits per heavy atom. The predicted octanol–water partition coefficient (Wildman–Crippen LogP) is 4.26. The van der Waals surface area contributed by atoms with Crippen molar-refractivity contribution in [2.24, 2.45) is 0 Å². The van der Waals surface area contributed by atoms with E-state index in [4.69, 9.17) is 0 Å². The highest BCUT2D eigenvalue weighted by molar-refractivity contribution is 7.17. The Bertz CT molecular complexity index is 936. The van der Waals surface area contributed by atoms with Crippen LogP contribution in [0.25, 0.3) is 26.5 Å². The van der Waals surface area contributed by atoms with Gasteiger partial charge in [0.05, 0.1) is 0 Å². The quantitative estimate of drug-likeness (QED) is 0.547. The van der Waals surface area contributed by atoms with Gasteiger partial charge in [-0.15, -0.1) is 11.3 Å². The Kier molecular flexibility index (Phi) is 2.28. The van der Waals surface area contributed by atoms with E-state index in [0.717, 1.165) is 16.5 Å². The molecule has 4 rings (SSSR count). The van der Waals surface area contributed by atoms with E-state index in [1.54, 1.807) is 34.1 Å². The standard InChI is InChI=1S/C16H11NO2S/c18-13-3-1-11-9-17(16(19)14(11)8-13)12-2-4-15-10(7-12)5-6-20-15/h1-9,18-19H. The van der Waals surface area contributed by atoms with E-state index in [-0.39, 0.29) is 11.6 Å². The molecule has 2 heterocycles. The van der Waals surface area contributed by atoms with Crippen molar-refractivity contribution in [1.82, 2.24) is 4.57 Å². The minimum atomic E-state index is 0.144. The van der Waals surface area contributed by atoms with Crippen molar-refractivity contribution >= 4 is 32.2 Å². The lowest BCUT2D eigenvalue weighted by Crippen LogP contribution is -1.89. The van der Waals surface area contributed by atoms with Crippen molar-refractivity contribution in [2.45, 2.75) is 0 Å². The number of hydrogen-bond donors (Lipinski definition) is 2. The van der Waals surface area contributed by atoms with Crippen molar-refractivity contribution in [3.63, 3.8) is 0 Å².